The number of carbonyl (C=O) groups excluding carboxylic acids is 2. The maximum absolute atomic E-state index is 12.7. The molecule has 326 valence electrons. The number of quaternary nitrogens is 1. The van der Waals surface area contributed by atoms with Gasteiger partial charge in [-0.25, -0.2) is 4.57 Å². The summed E-state index contributed by atoms with van der Waals surface area (Å²) in [4.78, 5) is 35.3. The highest BCUT2D eigenvalue weighted by atomic mass is 31.2. The van der Waals surface area contributed by atoms with E-state index in [9.17, 15) is 19.0 Å². The Labute approximate surface area is 339 Å². The quantitative estimate of drug-likeness (QED) is 0.0214. The van der Waals surface area contributed by atoms with Gasteiger partial charge in [-0.2, -0.15) is 0 Å². The van der Waals surface area contributed by atoms with Crippen molar-refractivity contribution in [1.29, 1.82) is 0 Å². The lowest BCUT2D eigenvalue weighted by Gasteiger charge is -2.24. The lowest BCUT2D eigenvalue weighted by Crippen LogP contribution is -2.37. The third-order valence-corrected chi connectivity index (χ3v) is 11.0. The molecular formula is C45H89NO8P+. The van der Waals surface area contributed by atoms with E-state index in [2.05, 4.69) is 26.0 Å². The lowest BCUT2D eigenvalue weighted by molar-refractivity contribution is -0.870. The second-order valence-corrected chi connectivity index (χ2v) is 18.2. The van der Waals surface area contributed by atoms with Crippen molar-refractivity contribution in [1.82, 2.24) is 0 Å². The van der Waals surface area contributed by atoms with Crippen molar-refractivity contribution in [2.75, 3.05) is 47.5 Å². The Balaban J connectivity index is 4.27. The summed E-state index contributed by atoms with van der Waals surface area (Å²) in [7, 11) is 1.48. The first-order valence-corrected chi connectivity index (χ1v) is 24.4. The molecule has 0 aliphatic carbocycles. The predicted molar refractivity (Wildman–Crippen MR) is 229 cm³/mol. The number of rotatable bonds is 42. The van der Waals surface area contributed by atoms with Gasteiger partial charge in [0.2, 0.25) is 0 Å². The first-order chi connectivity index (χ1) is 26.5. The zero-order valence-electron chi connectivity index (χ0n) is 36.7. The summed E-state index contributed by atoms with van der Waals surface area (Å²) >= 11 is 0. The first-order valence-electron chi connectivity index (χ1n) is 22.9. The van der Waals surface area contributed by atoms with Gasteiger partial charge in [-0.1, -0.05) is 174 Å². The van der Waals surface area contributed by atoms with Crippen molar-refractivity contribution in [2.24, 2.45) is 0 Å². The van der Waals surface area contributed by atoms with Crippen LogP contribution in [0.2, 0.25) is 0 Å². The van der Waals surface area contributed by atoms with E-state index >= 15 is 0 Å². The number of phosphoric ester groups is 1. The summed E-state index contributed by atoms with van der Waals surface area (Å²) in [5.41, 5.74) is 0. The molecule has 0 fully saturated rings. The number of hydrogen-bond acceptors (Lipinski definition) is 7. The molecule has 0 saturated carbocycles. The van der Waals surface area contributed by atoms with E-state index < -0.39 is 26.5 Å². The minimum absolute atomic E-state index is 0.0336. The van der Waals surface area contributed by atoms with Crippen LogP contribution >= 0.6 is 7.82 Å². The summed E-state index contributed by atoms with van der Waals surface area (Å²) in [5.74, 6) is -0.799. The Bertz CT molecular complexity index is 954. The highest BCUT2D eigenvalue weighted by Crippen LogP contribution is 2.43. The fourth-order valence-electron chi connectivity index (χ4n) is 6.42. The van der Waals surface area contributed by atoms with E-state index in [0.29, 0.717) is 17.4 Å². The monoisotopic (exact) mass is 803 g/mol. The molecule has 0 spiro atoms. The predicted octanol–water partition coefficient (Wildman–Crippen LogP) is 13.0. The lowest BCUT2D eigenvalue weighted by atomic mass is 10.0. The normalized spacial score (nSPS) is 13.6. The summed E-state index contributed by atoms with van der Waals surface area (Å²) in [5, 5.41) is 0. The van der Waals surface area contributed by atoms with Crippen LogP contribution in [-0.4, -0.2) is 74.9 Å². The Morgan fingerprint density at radius 3 is 1.38 bits per heavy atom. The van der Waals surface area contributed by atoms with Crippen LogP contribution < -0.4 is 0 Å². The van der Waals surface area contributed by atoms with E-state index in [1.807, 2.05) is 21.1 Å². The van der Waals surface area contributed by atoms with Crippen molar-refractivity contribution in [3.05, 3.63) is 12.2 Å². The number of carbonyl (C=O) groups is 2. The second kappa shape index (κ2) is 38.3. The van der Waals surface area contributed by atoms with Gasteiger partial charge in [-0.05, 0) is 38.5 Å². The highest BCUT2D eigenvalue weighted by molar-refractivity contribution is 7.47. The number of nitrogens with zero attached hydrogens (tertiary/aromatic N) is 1. The van der Waals surface area contributed by atoms with E-state index in [0.717, 1.165) is 51.4 Å². The van der Waals surface area contributed by atoms with Crippen LogP contribution in [0, 0.1) is 0 Å². The molecule has 10 heteroatoms. The van der Waals surface area contributed by atoms with Gasteiger partial charge in [-0.3, -0.25) is 18.6 Å². The molecular weight excluding hydrogens is 713 g/mol. The molecule has 0 aromatic carbocycles. The summed E-state index contributed by atoms with van der Waals surface area (Å²) < 4.78 is 34.3. The molecule has 55 heavy (non-hydrogen) atoms. The van der Waals surface area contributed by atoms with Gasteiger partial charge in [0.15, 0.2) is 6.10 Å². The van der Waals surface area contributed by atoms with Gasteiger partial charge in [0.05, 0.1) is 27.7 Å². The molecule has 9 nitrogen and oxygen atoms in total. The Hall–Kier alpha value is -1.25. The zero-order chi connectivity index (χ0) is 40.7. The third-order valence-electron chi connectivity index (χ3n) is 10.0. The number of hydrogen-bond donors (Lipinski definition) is 1. The average Bonchev–Trinajstić information content (AvgIpc) is 3.13. The van der Waals surface area contributed by atoms with E-state index in [1.54, 1.807) is 0 Å². The topological polar surface area (TPSA) is 108 Å². The van der Waals surface area contributed by atoms with Gasteiger partial charge >= 0.3 is 19.8 Å². The van der Waals surface area contributed by atoms with Gasteiger partial charge in [0.1, 0.15) is 19.8 Å². The summed E-state index contributed by atoms with van der Waals surface area (Å²) in [6.45, 7) is 4.42. The van der Waals surface area contributed by atoms with Crippen molar-refractivity contribution < 1.29 is 42.1 Å². The fourth-order valence-corrected chi connectivity index (χ4v) is 7.16. The molecule has 0 heterocycles. The summed E-state index contributed by atoms with van der Waals surface area (Å²) in [6, 6.07) is 0. The van der Waals surface area contributed by atoms with Crippen molar-refractivity contribution >= 4 is 19.8 Å². The van der Waals surface area contributed by atoms with Crippen LogP contribution in [0.3, 0.4) is 0 Å². The van der Waals surface area contributed by atoms with Gasteiger partial charge in [0.25, 0.3) is 0 Å². The smallest absolute Gasteiger partial charge is 0.462 e. The maximum atomic E-state index is 12.7. The molecule has 0 aromatic heterocycles. The van der Waals surface area contributed by atoms with Crippen molar-refractivity contribution in [2.45, 2.75) is 219 Å². The average molecular weight is 803 g/mol. The number of ether oxygens (including phenoxy) is 2. The van der Waals surface area contributed by atoms with Crippen LogP contribution in [0.1, 0.15) is 213 Å². The maximum Gasteiger partial charge on any atom is 0.472 e. The fraction of sp³-hybridized carbons (Fsp3) is 0.911. The summed E-state index contributed by atoms with van der Waals surface area (Å²) in [6.07, 6.45) is 39.7. The third kappa shape index (κ3) is 42.2. The molecule has 0 radical (unpaired) electrons. The standard InChI is InChI=1S/C45H88NO8P/c1-6-8-10-12-14-16-18-20-21-22-23-24-25-26-28-30-32-34-36-38-45(48)54-43(42-53-55(49,50)52-40-39-46(3,4)5)41-51-44(47)37-35-33-31-29-27-19-17-15-13-11-9-7-2/h15,17,43H,6-14,16,18-42H2,1-5H3/p+1/b17-15+/t43-/m1/s1. The van der Waals surface area contributed by atoms with E-state index in [1.165, 1.54) is 128 Å². The largest absolute Gasteiger partial charge is 0.472 e. The van der Waals surface area contributed by atoms with Crippen LogP contribution in [0.25, 0.3) is 0 Å². The molecule has 0 saturated heterocycles. The number of unbranched alkanes of at least 4 members (excludes halogenated alkanes) is 26. The van der Waals surface area contributed by atoms with Crippen LogP contribution in [0.4, 0.5) is 0 Å². The molecule has 1 unspecified atom stereocenters. The molecule has 0 aromatic rings. The number of allylic oxidation sites excluding steroid dienone is 2. The number of esters is 2. The van der Waals surface area contributed by atoms with Crippen molar-refractivity contribution in [3.8, 4) is 0 Å². The Morgan fingerprint density at radius 1 is 0.545 bits per heavy atom. The first kappa shape index (κ1) is 53.8. The Kier molecular flexibility index (Phi) is 37.4. The van der Waals surface area contributed by atoms with E-state index in [4.69, 9.17) is 18.5 Å². The van der Waals surface area contributed by atoms with Crippen LogP contribution in [0.15, 0.2) is 12.2 Å². The minimum Gasteiger partial charge on any atom is -0.462 e. The zero-order valence-corrected chi connectivity index (χ0v) is 37.6. The van der Waals surface area contributed by atoms with Gasteiger partial charge in [0, 0.05) is 12.8 Å². The van der Waals surface area contributed by atoms with Crippen LogP contribution in [-0.2, 0) is 32.7 Å². The van der Waals surface area contributed by atoms with Crippen molar-refractivity contribution in [3.63, 3.8) is 0 Å². The van der Waals surface area contributed by atoms with Gasteiger partial charge in [-0.15, -0.1) is 0 Å². The molecule has 0 aliphatic heterocycles. The minimum atomic E-state index is -4.37. The highest BCUT2D eigenvalue weighted by Gasteiger charge is 2.27. The SMILES string of the molecule is CCCCC/C=C/CCCCCCCC(=O)OC[C@H](COP(=O)(O)OCC[N+](C)(C)C)OC(=O)CCCCCCCCCCCCCCCCCCCCC. The Morgan fingerprint density at radius 2 is 0.927 bits per heavy atom. The molecule has 0 amide bonds. The number of likely N-dealkylation sites (N-methyl/N-ethyl adjacent to an activating group) is 1. The molecule has 2 atom stereocenters. The van der Waals surface area contributed by atoms with Gasteiger partial charge < -0.3 is 18.9 Å². The molecule has 1 N–H and O–H groups in total. The molecule has 0 rings (SSSR count). The number of phosphoric acid groups is 1. The molecule has 0 bridgehead atoms. The van der Waals surface area contributed by atoms with E-state index in [-0.39, 0.29) is 32.0 Å². The van der Waals surface area contributed by atoms with Crippen LogP contribution in [0.5, 0.6) is 0 Å². The molecule has 0 aliphatic rings. The second-order valence-electron chi connectivity index (χ2n) is 16.8.